The van der Waals surface area contributed by atoms with Crippen LogP contribution in [0.4, 0.5) is 0 Å². The number of nitrogens with zero attached hydrogens (tertiary/aromatic N) is 1. The second-order valence-electron chi connectivity index (χ2n) is 6.55. The van der Waals surface area contributed by atoms with E-state index in [1.54, 1.807) is 0 Å². The third-order valence-electron chi connectivity index (χ3n) is 5.11. The zero-order valence-electron chi connectivity index (χ0n) is 12.5. The Morgan fingerprint density at radius 3 is 2.75 bits per heavy atom. The Bertz CT molecular complexity index is 322. The zero-order valence-corrected chi connectivity index (χ0v) is 12.5. The number of amides is 1. The van der Waals surface area contributed by atoms with Crippen LogP contribution in [0, 0.1) is 0 Å². The van der Waals surface area contributed by atoms with E-state index >= 15 is 0 Å². The van der Waals surface area contributed by atoms with Crippen LogP contribution in [0.5, 0.6) is 0 Å². The molecule has 3 atom stereocenters. The minimum Gasteiger partial charge on any atom is -0.378 e. The second kappa shape index (κ2) is 6.90. The van der Waals surface area contributed by atoms with Crippen LogP contribution in [-0.4, -0.2) is 48.7 Å². The maximum absolute atomic E-state index is 12.7. The van der Waals surface area contributed by atoms with Crippen LogP contribution in [0.2, 0.25) is 0 Å². The molecular weight excluding hydrogens is 252 g/mol. The first-order chi connectivity index (χ1) is 9.84. The van der Waals surface area contributed by atoms with Gasteiger partial charge in [-0.2, -0.15) is 0 Å². The van der Waals surface area contributed by atoms with Crippen LogP contribution in [0.1, 0.15) is 57.8 Å². The number of likely N-dealkylation sites (tertiary alicyclic amines) is 1. The number of nitrogens with one attached hydrogen (secondary N) is 1. The average molecular weight is 280 g/mol. The molecule has 20 heavy (non-hydrogen) atoms. The number of piperidine rings is 1. The summed E-state index contributed by atoms with van der Waals surface area (Å²) in [4.78, 5) is 14.8. The number of hydrogen-bond acceptors (Lipinski definition) is 3. The molecule has 0 spiro atoms. The lowest BCUT2D eigenvalue weighted by atomic mass is 9.93. The van der Waals surface area contributed by atoms with Crippen LogP contribution in [-0.2, 0) is 9.53 Å². The first-order valence-electron chi connectivity index (χ1n) is 8.49. The fourth-order valence-corrected chi connectivity index (χ4v) is 4.01. The second-order valence-corrected chi connectivity index (χ2v) is 6.55. The molecule has 3 rings (SSSR count). The van der Waals surface area contributed by atoms with Gasteiger partial charge in [0.2, 0.25) is 5.91 Å². The van der Waals surface area contributed by atoms with Gasteiger partial charge in [-0.3, -0.25) is 4.79 Å². The van der Waals surface area contributed by atoms with Crippen molar-refractivity contribution in [1.82, 2.24) is 10.2 Å². The minimum atomic E-state index is 0.176. The molecule has 3 unspecified atom stereocenters. The molecule has 0 aromatic heterocycles. The topological polar surface area (TPSA) is 41.6 Å². The van der Waals surface area contributed by atoms with E-state index in [1.807, 2.05) is 0 Å². The molecule has 114 valence electrons. The summed E-state index contributed by atoms with van der Waals surface area (Å²) < 4.78 is 5.74. The van der Waals surface area contributed by atoms with Gasteiger partial charge < -0.3 is 15.0 Å². The van der Waals surface area contributed by atoms with Gasteiger partial charge >= 0.3 is 0 Å². The predicted molar refractivity (Wildman–Crippen MR) is 78.6 cm³/mol. The summed E-state index contributed by atoms with van der Waals surface area (Å²) in [6.45, 7) is 2.91. The molecular formula is C16H28N2O2. The van der Waals surface area contributed by atoms with Crippen LogP contribution in [0.3, 0.4) is 0 Å². The van der Waals surface area contributed by atoms with E-state index in [-0.39, 0.29) is 6.10 Å². The molecule has 0 radical (unpaired) electrons. The molecule has 3 fully saturated rings. The quantitative estimate of drug-likeness (QED) is 0.860. The highest BCUT2D eigenvalue weighted by molar-refractivity contribution is 5.77. The summed E-state index contributed by atoms with van der Waals surface area (Å²) in [5.41, 5.74) is 0. The summed E-state index contributed by atoms with van der Waals surface area (Å²) in [6.07, 6.45) is 10.3. The van der Waals surface area contributed by atoms with Crippen LogP contribution < -0.4 is 5.32 Å². The van der Waals surface area contributed by atoms with E-state index in [0.717, 1.165) is 32.5 Å². The normalized spacial score (nSPS) is 35.2. The molecule has 0 aromatic rings. The maximum Gasteiger partial charge on any atom is 0.225 e. The van der Waals surface area contributed by atoms with Crippen molar-refractivity contribution in [1.29, 1.82) is 0 Å². The first kappa shape index (κ1) is 14.3. The van der Waals surface area contributed by atoms with E-state index in [4.69, 9.17) is 4.74 Å². The summed E-state index contributed by atoms with van der Waals surface area (Å²) in [6, 6.07) is 0.967. The lowest BCUT2D eigenvalue weighted by Crippen LogP contribution is -2.53. The first-order valence-corrected chi connectivity index (χ1v) is 8.49. The van der Waals surface area contributed by atoms with Crippen molar-refractivity contribution in [3.05, 3.63) is 0 Å². The van der Waals surface area contributed by atoms with E-state index in [2.05, 4.69) is 10.2 Å². The lowest BCUT2D eigenvalue weighted by Gasteiger charge is -2.40. The molecule has 4 nitrogen and oxygen atoms in total. The molecule has 0 aromatic carbocycles. The van der Waals surface area contributed by atoms with Crippen molar-refractivity contribution >= 4 is 5.91 Å². The van der Waals surface area contributed by atoms with Crippen molar-refractivity contribution in [2.24, 2.45) is 0 Å². The van der Waals surface area contributed by atoms with Gasteiger partial charge in [0.05, 0.1) is 12.5 Å². The molecule has 0 bridgehead atoms. The monoisotopic (exact) mass is 280 g/mol. The lowest BCUT2D eigenvalue weighted by molar-refractivity contribution is -0.139. The fourth-order valence-electron chi connectivity index (χ4n) is 4.01. The molecule has 1 N–H and O–H groups in total. The largest absolute Gasteiger partial charge is 0.378 e. The van der Waals surface area contributed by atoms with Gasteiger partial charge in [0, 0.05) is 25.2 Å². The van der Waals surface area contributed by atoms with Crippen molar-refractivity contribution in [2.75, 3.05) is 19.7 Å². The summed E-state index contributed by atoms with van der Waals surface area (Å²) in [5, 5.41) is 3.59. The number of carbonyl (C=O) groups excluding carboxylic acids is 1. The van der Waals surface area contributed by atoms with E-state index < -0.39 is 0 Å². The number of hydrogen-bond donors (Lipinski definition) is 1. The van der Waals surface area contributed by atoms with Gasteiger partial charge in [0.15, 0.2) is 0 Å². The Balaban J connectivity index is 1.58. The van der Waals surface area contributed by atoms with Gasteiger partial charge in [-0.05, 0) is 57.9 Å². The molecule has 1 amide bonds. The Kier molecular flexibility index (Phi) is 4.94. The van der Waals surface area contributed by atoms with Crippen molar-refractivity contribution < 1.29 is 9.53 Å². The SMILES string of the molecule is O=C(CC1CCCCO1)N1CCCCC1C1CCCN1. The number of rotatable bonds is 3. The van der Waals surface area contributed by atoms with Gasteiger partial charge in [0.25, 0.3) is 0 Å². The summed E-state index contributed by atoms with van der Waals surface area (Å²) in [7, 11) is 0. The summed E-state index contributed by atoms with van der Waals surface area (Å²) >= 11 is 0. The molecule has 3 aliphatic heterocycles. The minimum absolute atomic E-state index is 0.176. The average Bonchev–Trinajstić information content (AvgIpc) is 3.02. The molecule has 0 saturated carbocycles. The van der Waals surface area contributed by atoms with E-state index in [9.17, 15) is 4.79 Å². The Labute approximate surface area is 122 Å². The Morgan fingerprint density at radius 2 is 2.00 bits per heavy atom. The number of ether oxygens (including phenoxy) is 1. The van der Waals surface area contributed by atoms with Crippen LogP contribution in [0.25, 0.3) is 0 Å². The third kappa shape index (κ3) is 3.34. The Hall–Kier alpha value is -0.610. The van der Waals surface area contributed by atoms with Gasteiger partial charge in [0.1, 0.15) is 0 Å². The zero-order chi connectivity index (χ0) is 13.8. The van der Waals surface area contributed by atoms with Crippen LogP contribution >= 0.6 is 0 Å². The van der Waals surface area contributed by atoms with Gasteiger partial charge in [-0.15, -0.1) is 0 Å². The van der Waals surface area contributed by atoms with Crippen LogP contribution in [0.15, 0.2) is 0 Å². The third-order valence-corrected chi connectivity index (χ3v) is 5.11. The van der Waals surface area contributed by atoms with Gasteiger partial charge in [-0.1, -0.05) is 0 Å². The highest BCUT2D eigenvalue weighted by Gasteiger charge is 2.34. The smallest absolute Gasteiger partial charge is 0.225 e. The number of carbonyl (C=O) groups is 1. The molecule has 3 saturated heterocycles. The summed E-state index contributed by atoms with van der Waals surface area (Å²) in [5.74, 6) is 0.329. The van der Waals surface area contributed by atoms with Crippen molar-refractivity contribution in [3.8, 4) is 0 Å². The predicted octanol–water partition coefficient (Wildman–Crippen LogP) is 2.08. The highest BCUT2D eigenvalue weighted by Crippen LogP contribution is 2.26. The molecule has 0 aliphatic carbocycles. The molecule has 3 heterocycles. The highest BCUT2D eigenvalue weighted by atomic mass is 16.5. The molecule has 3 aliphatic rings. The van der Waals surface area contributed by atoms with Crippen molar-refractivity contribution in [3.63, 3.8) is 0 Å². The Morgan fingerprint density at radius 1 is 1.10 bits per heavy atom. The van der Waals surface area contributed by atoms with Gasteiger partial charge in [-0.25, -0.2) is 0 Å². The van der Waals surface area contributed by atoms with E-state index in [1.165, 1.54) is 38.5 Å². The maximum atomic E-state index is 12.7. The standard InChI is InChI=1S/C16H28N2O2/c19-16(12-13-6-2-4-11-20-13)18-10-3-1-8-15(18)14-7-5-9-17-14/h13-15,17H,1-12H2. The fraction of sp³-hybridized carbons (Fsp3) is 0.938. The van der Waals surface area contributed by atoms with E-state index in [0.29, 0.717) is 24.4 Å². The van der Waals surface area contributed by atoms with Crippen molar-refractivity contribution in [2.45, 2.75) is 76.0 Å². The molecule has 4 heteroatoms.